The van der Waals surface area contributed by atoms with Crippen LogP contribution >= 0.6 is 0 Å². The van der Waals surface area contributed by atoms with E-state index in [-0.39, 0.29) is 17.9 Å². The number of amides is 2. The molecule has 0 aromatic heterocycles. The first-order valence-corrected chi connectivity index (χ1v) is 11.0. The van der Waals surface area contributed by atoms with Gasteiger partial charge < -0.3 is 19.3 Å². The lowest BCUT2D eigenvalue weighted by atomic mass is 9.94. The molecule has 0 radical (unpaired) electrons. The first-order chi connectivity index (χ1) is 14.5. The zero-order valence-corrected chi connectivity index (χ0v) is 18.7. The molecule has 0 spiro atoms. The van der Waals surface area contributed by atoms with Gasteiger partial charge in [-0.1, -0.05) is 12.8 Å². The smallest absolute Gasteiger partial charge is 0.254 e. The molecule has 166 valence electrons. The molecular formula is C23H35N3O4. The Kier molecular flexibility index (Phi) is 7.58. The van der Waals surface area contributed by atoms with E-state index >= 15 is 0 Å². The van der Waals surface area contributed by atoms with Gasteiger partial charge in [0.2, 0.25) is 5.91 Å². The molecule has 1 unspecified atom stereocenters. The van der Waals surface area contributed by atoms with Gasteiger partial charge in [-0.25, -0.2) is 0 Å². The average Bonchev–Trinajstić information content (AvgIpc) is 3.32. The molecule has 7 heteroatoms. The third kappa shape index (κ3) is 4.72. The fourth-order valence-corrected chi connectivity index (χ4v) is 4.67. The maximum Gasteiger partial charge on any atom is 0.254 e. The second kappa shape index (κ2) is 10.2. The predicted octanol–water partition coefficient (Wildman–Crippen LogP) is 2.50. The van der Waals surface area contributed by atoms with E-state index in [4.69, 9.17) is 9.47 Å². The van der Waals surface area contributed by atoms with E-state index in [0.717, 1.165) is 32.5 Å². The van der Waals surface area contributed by atoms with E-state index < -0.39 is 0 Å². The summed E-state index contributed by atoms with van der Waals surface area (Å²) in [6, 6.07) is 5.21. The molecular weight excluding hydrogens is 382 g/mol. The van der Waals surface area contributed by atoms with Gasteiger partial charge in [-0.3, -0.25) is 14.5 Å². The van der Waals surface area contributed by atoms with Crippen LogP contribution in [0.5, 0.6) is 11.5 Å². The van der Waals surface area contributed by atoms with E-state index in [0.29, 0.717) is 36.1 Å². The number of carbonyl (C=O) groups excluding carboxylic acids is 2. The van der Waals surface area contributed by atoms with E-state index in [1.165, 1.54) is 12.8 Å². The third-order valence-electron chi connectivity index (χ3n) is 6.58. The Morgan fingerprint density at radius 1 is 1.07 bits per heavy atom. The Bertz CT molecular complexity index is 740. The molecule has 2 amide bonds. The van der Waals surface area contributed by atoms with Crippen molar-refractivity contribution in [2.45, 2.75) is 38.6 Å². The Labute approximate surface area is 179 Å². The molecule has 1 saturated heterocycles. The number of carbonyl (C=O) groups is 2. The van der Waals surface area contributed by atoms with Crippen LogP contribution in [0.2, 0.25) is 0 Å². The van der Waals surface area contributed by atoms with Crippen molar-refractivity contribution < 1.29 is 19.1 Å². The zero-order valence-electron chi connectivity index (χ0n) is 18.7. The van der Waals surface area contributed by atoms with Crippen molar-refractivity contribution in [2.24, 2.45) is 5.92 Å². The van der Waals surface area contributed by atoms with Crippen LogP contribution in [0.25, 0.3) is 0 Å². The fraction of sp³-hybridized carbons (Fsp3) is 0.652. The molecule has 1 aliphatic heterocycles. The summed E-state index contributed by atoms with van der Waals surface area (Å²) >= 11 is 0. The molecule has 1 aliphatic carbocycles. The second-order valence-electron chi connectivity index (χ2n) is 8.24. The minimum absolute atomic E-state index is 0.00924. The van der Waals surface area contributed by atoms with Crippen LogP contribution < -0.4 is 9.47 Å². The minimum atomic E-state index is -0.0595. The van der Waals surface area contributed by atoms with Gasteiger partial charge in [0.25, 0.3) is 5.91 Å². The molecule has 1 aromatic rings. The third-order valence-corrected chi connectivity index (χ3v) is 6.58. The van der Waals surface area contributed by atoms with Gasteiger partial charge in [-0.15, -0.1) is 0 Å². The predicted molar refractivity (Wildman–Crippen MR) is 116 cm³/mol. The highest BCUT2D eigenvalue weighted by atomic mass is 16.5. The van der Waals surface area contributed by atoms with Crippen molar-refractivity contribution in [1.29, 1.82) is 0 Å². The van der Waals surface area contributed by atoms with Crippen LogP contribution in [-0.4, -0.2) is 86.5 Å². The molecule has 1 atom stereocenters. The number of likely N-dealkylation sites (N-methyl/N-ethyl adjacent to an activating group) is 1. The zero-order chi connectivity index (χ0) is 21.7. The molecule has 30 heavy (non-hydrogen) atoms. The van der Waals surface area contributed by atoms with E-state index in [2.05, 4.69) is 4.90 Å². The topological polar surface area (TPSA) is 62.3 Å². The highest BCUT2D eigenvalue weighted by Gasteiger charge is 2.38. The lowest BCUT2D eigenvalue weighted by Crippen LogP contribution is -2.58. The Morgan fingerprint density at radius 2 is 1.70 bits per heavy atom. The van der Waals surface area contributed by atoms with Crippen LogP contribution in [-0.2, 0) is 4.79 Å². The van der Waals surface area contributed by atoms with E-state index in [9.17, 15) is 9.59 Å². The Hall–Kier alpha value is -2.28. The lowest BCUT2D eigenvalue weighted by molar-refractivity contribution is -0.138. The number of methoxy groups -OCH3 is 2. The van der Waals surface area contributed by atoms with E-state index in [1.54, 1.807) is 32.4 Å². The van der Waals surface area contributed by atoms with Gasteiger partial charge in [-0.05, 0) is 43.9 Å². The summed E-state index contributed by atoms with van der Waals surface area (Å²) in [6.45, 7) is 5.44. The summed E-state index contributed by atoms with van der Waals surface area (Å²) in [5, 5.41) is 0. The van der Waals surface area contributed by atoms with E-state index in [1.807, 2.05) is 23.8 Å². The maximum absolute atomic E-state index is 13.1. The standard InChI is InChI=1S/C23H35N3O4/c1-5-24(2)23(28)21(17-8-6-7-9-17)25-12-14-26(15-13-25)22(27)18-10-11-19(29-3)20(16-18)30-4/h10-11,16-17,21H,5-9,12-15H2,1-4H3. The first kappa shape index (κ1) is 22.4. The fourth-order valence-electron chi connectivity index (χ4n) is 4.67. The number of benzene rings is 1. The minimum Gasteiger partial charge on any atom is -0.493 e. The highest BCUT2D eigenvalue weighted by Crippen LogP contribution is 2.32. The van der Waals surface area contributed by atoms with Crippen molar-refractivity contribution >= 4 is 11.8 Å². The van der Waals surface area contributed by atoms with Gasteiger partial charge in [0.1, 0.15) is 0 Å². The summed E-state index contributed by atoms with van der Waals surface area (Å²) in [5.74, 6) is 1.81. The SMILES string of the molecule is CCN(C)C(=O)C(C1CCCC1)N1CCN(C(=O)c2ccc(OC)c(OC)c2)CC1. The van der Waals surface area contributed by atoms with Gasteiger partial charge in [0.05, 0.1) is 20.3 Å². The molecule has 1 heterocycles. The van der Waals surface area contributed by atoms with Gasteiger partial charge in [0.15, 0.2) is 11.5 Å². The summed E-state index contributed by atoms with van der Waals surface area (Å²) in [6.07, 6.45) is 4.67. The van der Waals surface area contributed by atoms with Crippen LogP contribution in [0.3, 0.4) is 0 Å². The second-order valence-corrected chi connectivity index (χ2v) is 8.24. The lowest BCUT2D eigenvalue weighted by Gasteiger charge is -2.42. The molecule has 1 saturated carbocycles. The van der Waals surface area contributed by atoms with Crippen molar-refractivity contribution in [2.75, 3.05) is 54.0 Å². The van der Waals surface area contributed by atoms with Crippen molar-refractivity contribution in [1.82, 2.24) is 14.7 Å². The summed E-state index contributed by atoms with van der Waals surface area (Å²) in [7, 11) is 5.04. The molecule has 2 fully saturated rings. The van der Waals surface area contributed by atoms with Crippen LogP contribution in [0.1, 0.15) is 43.0 Å². The Balaban J connectivity index is 1.67. The van der Waals surface area contributed by atoms with Gasteiger partial charge >= 0.3 is 0 Å². The summed E-state index contributed by atoms with van der Waals surface area (Å²) in [4.78, 5) is 32.1. The molecule has 0 N–H and O–H groups in total. The number of piperazine rings is 1. The van der Waals surface area contributed by atoms with Crippen LogP contribution in [0.4, 0.5) is 0 Å². The Morgan fingerprint density at radius 3 is 2.27 bits per heavy atom. The first-order valence-electron chi connectivity index (χ1n) is 11.0. The summed E-state index contributed by atoms with van der Waals surface area (Å²) < 4.78 is 10.6. The van der Waals surface area contributed by atoms with Crippen molar-refractivity contribution in [3.05, 3.63) is 23.8 Å². The number of rotatable bonds is 7. The molecule has 0 bridgehead atoms. The number of hydrogen-bond acceptors (Lipinski definition) is 5. The summed E-state index contributed by atoms with van der Waals surface area (Å²) in [5.41, 5.74) is 0.593. The molecule has 3 rings (SSSR count). The number of nitrogens with zero attached hydrogens (tertiary/aromatic N) is 3. The maximum atomic E-state index is 13.1. The monoisotopic (exact) mass is 417 g/mol. The van der Waals surface area contributed by atoms with Crippen molar-refractivity contribution in [3.8, 4) is 11.5 Å². The molecule has 1 aromatic carbocycles. The molecule has 7 nitrogen and oxygen atoms in total. The normalized spacial score (nSPS) is 18.9. The van der Waals surface area contributed by atoms with Crippen molar-refractivity contribution in [3.63, 3.8) is 0 Å². The highest BCUT2D eigenvalue weighted by molar-refractivity contribution is 5.95. The number of hydrogen-bond donors (Lipinski definition) is 0. The van der Waals surface area contributed by atoms with Gasteiger partial charge in [0, 0.05) is 45.3 Å². The van der Waals surface area contributed by atoms with Crippen LogP contribution in [0.15, 0.2) is 18.2 Å². The quantitative estimate of drug-likeness (QED) is 0.682. The number of ether oxygens (including phenoxy) is 2. The molecule has 2 aliphatic rings. The average molecular weight is 418 g/mol. The largest absolute Gasteiger partial charge is 0.493 e. The van der Waals surface area contributed by atoms with Crippen LogP contribution in [0, 0.1) is 5.92 Å². The van der Waals surface area contributed by atoms with Gasteiger partial charge in [-0.2, -0.15) is 0 Å².